The van der Waals surface area contributed by atoms with E-state index in [1.54, 1.807) is 17.3 Å². The first-order valence-electron chi connectivity index (χ1n) is 9.32. The van der Waals surface area contributed by atoms with E-state index in [4.69, 9.17) is 0 Å². The van der Waals surface area contributed by atoms with E-state index in [0.717, 1.165) is 29.7 Å². The second-order valence-corrected chi connectivity index (χ2v) is 7.49. The zero-order valence-corrected chi connectivity index (χ0v) is 16.0. The molecule has 0 N–H and O–H groups in total. The summed E-state index contributed by atoms with van der Waals surface area (Å²) >= 11 is 0. The fourth-order valence-electron chi connectivity index (χ4n) is 4.07. The maximum atomic E-state index is 13.2. The van der Waals surface area contributed by atoms with Crippen LogP contribution in [0, 0.1) is 6.92 Å². The number of fused-ring (bicyclic) bond motifs is 1. The molecule has 0 radical (unpaired) electrons. The number of nitrogens with zero attached hydrogens (tertiary/aromatic N) is 4. The highest BCUT2D eigenvalue weighted by Crippen LogP contribution is 2.26. The fraction of sp³-hybridized carbons (Fsp3) is 0.381. The average molecular weight is 364 g/mol. The Morgan fingerprint density at radius 2 is 2.04 bits per heavy atom. The number of hydrogen-bond donors (Lipinski definition) is 0. The number of rotatable bonds is 2. The summed E-state index contributed by atoms with van der Waals surface area (Å²) in [5, 5.41) is 0.598. The molecule has 6 heteroatoms. The van der Waals surface area contributed by atoms with Crippen LogP contribution in [-0.4, -0.2) is 38.0 Å². The summed E-state index contributed by atoms with van der Waals surface area (Å²) in [5.74, 6) is 1.02. The van der Waals surface area contributed by atoms with Crippen LogP contribution in [0.1, 0.15) is 40.5 Å². The van der Waals surface area contributed by atoms with Crippen molar-refractivity contribution in [1.29, 1.82) is 0 Å². The number of aromatic nitrogens is 3. The van der Waals surface area contributed by atoms with Crippen LogP contribution >= 0.6 is 0 Å². The van der Waals surface area contributed by atoms with Crippen LogP contribution in [0.4, 0.5) is 0 Å². The van der Waals surface area contributed by atoms with Gasteiger partial charge in [0, 0.05) is 57.1 Å². The number of piperidine rings is 1. The minimum Gasteiger partial charge on any atom is -0.350 e. The van der Waals surface area contributed by atoms with Crippen LogP contribution in [0.5, 0.6) is 0 Å². The number of imidazole rings is 1. The van der Waals surface area contributed by atoms with Crippen LogP contribution < -0.4 is 5.43 Å². The van der Waals surface area contributed by atoms with Crippen molar-refractivity contribution in [3.05, 3.63) is 64.0 Å². The molecule has 6 nitrogen and oxygen atoms in total. The number of amides is 1. The third-order valence-corrected chi connectivity index (χ3v) is 5.51. The lowest BCUT2D eigenvalue weighted by Gasteiger charge is -2.32. The molecule has 3 aromatic rings. The maximum absolute atomic E-state index is 13.2. The highest BCUT2D eigenvalue weighted by Gasteiger charge is 2.29. The lowest BCUT2D eigenvalue weighted by molar-refractivity contribution is 0.0701. The molecule has 1 aliphatic heterocycles. The second kappa shape index (κ2) is 6.68. The lowest BCUT2D eigenvalue weighted by Crippen LogP contribution is -2.41. The molecule has 3 heterocycles. The number of aryl methyl sites for hydroxylation is 3. The second-order valence-electron chi connectivity index (χ2n) is 7.49. The first-order valence-corrected chi connectivity index (χ1v) is 9.32. The Kier molecular flexibility index (Phi) is 4.34. The monoisotopic (exact) mass is 364 g/mol. The van der Waals surface area contributed by atoms with Crippen molar-refractivity contribution in [3.8, 4) is 0 Å². The van der Waals surface area contributed by atoms with Gasteiger partial charge in [-0.05, 0) is 31.9 Å². The van der Waals surface area contributed by atoms with Gasteiger partial charge in [-0.15, -0.1) is 0 Å². The number of carbonyl (C=O) groups excluding carboxylic acids is 1. The molecule has 2 aromatic heterocycles. The molecule has 1 amide bonds. The van der Waals surface area contributed by atoms with Gasteiger partial charge < -0.3 is 14.0 Å². The van der Waals surface area contributed by atoms with E-state index in [-0.39, 0.29) is 22.8 Å². The van der Waals surface area contributed by atoms with E-state index < -0.39 is 0 Å². The number of likely N-dealkylation sites (tertiary alicyclic amines) is 1. The molecule has 1 fully saturated rings. The quantitative estimate of drug-likeness (QED) is 0.702. The van der Waals surface area contributed by atoms with Crippen LogP contribution in [-0.2, 0) is 14.1 Å². The molecule has 1 saturated heterocycles. The summed E-state index contributed by atoms with van der Waals surface area (Å²) < 4.78 is 3.88. The molecule has 4 rings (SSSR count). The zero-order valence-electron chi connectivity index (χ0n) is 16.0. The molecule has 0 spiro atoms. The number of carbonyl (C=O) groups is 1. The largest absolute Gasteiger partial charge is 0.350 e. The molecule has 1 atom stereocenters. The molecule has 1 aliphatic rings. The summed E-state index contributed by atoms with van der Waals surface area (Å²) in [4.78, 5) is 32.4. The van der Waals surface area contributed by atoms with E-state index in [1.807, 2.05) is 54.5 Å². The Balaban J connectivity index is 1.69. The first-order chi connectivity index (χ1) is 13.0. The Hall–Kier alpha value is -2.89. The van der Waals surface area contributed by atoms with Gasteiger partial charge in [-0.25, -0.2) is 4.98 Å². The Bertz CT molecular complexity index is 1080. The SMILES string of the molecule is Cc1ccc2c(c1)c(=O)c(C(=O)N1CCC[C@@H](c3nccn3C)C1)cn2C. The van der Waals surface area contributed by atoms with Gasteiger partial charge in [-0.2, -0.15) is 0 Å². The van der Waals surface area contributed by atoms with Gasteiger partial charge >= 0.3 is 0 Å². The zero-order chi connectivity index (χ0) is 19.1. The van der Waals surface area contributed by atoms with E-state index in [2.05, 4.69) is 4.98 Å². The van der Waals surface area contributed by atoms with Gasteiger partial charge in [-0.1, -0.05) is 11.6 Å². The van der Waals surface area contributed by atoms with Crippen LogP contribution in [0.25, 0.3) is 10.9 Å². The number of pyridine rings is 1. The predicted octanol–water partition coefficient (Wildman–Crippen LogP) is 2.60. The average Bonchev–Trinajstić information content (AvgIpc) is 3.10. The first kappa shape index (κ1) is 17.5. The van der Waals surface area contributed by atoms with Crippen molar-refractivity contribution in [3.63, 3.8) is 0 Å². The lowest BCUT2D eigenvalue weighted by atomic mass is 9.96. The molecule has 0 aliphatic carbocycles. The van der Waals surface area contributed by atoms with Crippen molar-refractivity contribution in [1.82, 2.24) is 19.0 Å². The van der Waals surface area contributed by atoms with E-state index in [0.29, 0.717) is 18.5 Å². The standard InChI is InChI=1S/C21H24N4O2/c1-14-6-7-18-16(11-14)19(26)17(13-24(18)3)21(27)25-9-4-5-15(12-25)20-22-8-10-23(20)2/h6-8,10-11,13,15H,4-5,9,12H2,1-3H3/t15-/m1/s1. The van der Waals surface area contributed by atoms with Gasteiger partial charge in [-0.3, -0.25) is 9.59 Å². The summed E-state index contributed by atoms with van der Waals surface area (Å²) in [6.45, 7) is 3.23. The Morgan fingerprint density at radius 1 is 1.22 bits per heavy atom. The highest BCUT2D eigenvalue weighted by molar-refractivity contribution is 5.97. The normalized spacial score (nSPS) is 17.4. The van der Waals surface area contributed by atoms with Crippen LogP contribution in [0.3, 0.4) is 0 Å². The van der Waals surface area contributed by atoms with Crippen molar-refractivity contribution < 1.29 is 4.79 Å². The molecular weight excluding hydrogens is 340 g/mol. The van der Waals surface area contributed by atoms with Crippen LogP contribution in [0.15, 0.2) is 41.6 Å². The summed E-state index contributed by atoms with van der Waals surface area (Å²) in [6.07, 6.45) is 7.31. The van der Waals surface area contributed by atoms with Crippen LogP contribution in [0.2, 0.25) is 0 Å². The van der Waals surface area contributed by atoms with Crippen molar-refractivity contribution in [2.45, 2.75) is 25.7 Å². The van der Waals surface area contributed by atoms with Gasteiger partial charge in [0.05, 0.1) is 5.52 Å². The highest BCUT2D eigenvalue weighted by atomic mass is 16.2. The maximum Gasteiger partial charge on any atom is 0.259 e. The van der Waals surface area contributed by atoms with E-state index in [1.165, 1.54) is 0 Å². The Morgan fingerprint density at radius 3 is 2.78 bits per heavy atom. The van der Waals surface area contributed by atoms with Crippen molar-refractivity contribution >= 4 is 16.8 Å². The molecule has 140 valence electrons. The topological polar surface area (TPSA) is 60.1 Å². The molecule has 0 bridgehead atoms. The molecule has 0 saturated carbocycles. The van der Waals surface area contributed by atoms with Crippen molar-refractivity contribution in [2.75, 3.05) is 13.1 Å². The fourth-order valence-corrected chi connectivity index (χ4v) is 4.07. The third-order valence-electron chi connectivity index (χ3n) is 5.51. The number of hydrogen-bond acceptors (Lipinski definition) is 3. The van der Waals surface area contributed by atoms with Gasteiger partial charge in [0.1, 0.15) is 11.4 Å². The predicted molar refractivity (Wildman–Crippen MR) is 105 cm³/mol. The smallest absolute Gasteiger partial charge is 0.259 e. The third kappa shape index (κ3) is 3.05. The molecular formula is C21H24N4O2. The van der Waals surface area contributed by atoms with E-state index in [9.17, 15) is 9.59 Å². The minimum atomic E-state index is -0.184. The van der Waals surface area contributed by atoms with Gasteiger partial charge in [0.2, 0.25) is 5.43 Å². The molecule has 1 aromatic carbocycles. The molecule has 0 unspecified atom stereocenters. The van der Waals surface area contributed by atoms with Crippen molar-refractivity contribution in [2.24, 2.45) is 14.1 Å². The Labute approximate surface area is 158 Å². The summed E-state index contributed by atoms with van der Waals surface area (Å²) in [6, 6.07) is 5.77. The minimum absolute atomic E-state index is 0.182. The van der Waals surface area contributed by atoms with Gasteiger partial charge in [0.25, 0.3) is 5.91 Å². The number of benzene rings is 1. The summed E-state index contributed by atoms with van der Waals surface area (Å²) in [7, 11) is 3.85. The molecule has 27 heavy (non-hydrogen) atoms. The van der Waals surface area contributed by atoms with E-state index >= 15 is 0 Å². The van der Waals surface area contributed by atoms with Gasteiger partial charge in [0.15, 0.2) is 0 Å². The summed E-state index contributed by atoms with van der Waals surface area (Å²) in [5.41, 5.74) is 1.91.